The summed E-state index contributed by atoms with van der Waals surface area (Å²) in [4.78, 5) is 21.5. The third-order valence-electron chi connectivity index (χ3n) is 1.56. The van der Waals surface area contributed by atoms with Crippen LogP contribution in [0.1, 0.15) is 0 Å². The number of alkyl halides is 2. The molecule has 7 heteroatoms. The van der Waals surface area contributed by atoms with Gasteiger partial charge >= 0.3 is 17.9 Å². The monoisotopic (exact) mass is 204 g/mol. The van der Waals surface area contributed by atoms with E-state index in [1.165, 1.54) is 0 Å². The summed E-state index contributed by atoms with van der Waals surface area (Å²) in [6.45, 7) is 0. The molecular weight excluding hydrogens is 198 g/mol. The molecule has 0 saturated carbocycles. The lowest BCUT2D eigenvalue weighted by atomic mass is 10.1. The number of amides is 2. The Morgan fingerprint density at radius 3 is 2.50 bits per heavy atom. The summed E-state index contributed by atoms with van der Waals surface area (Å²) < 4.78 is 25.7. The van der Waals surface area contributed by atoms with Crippen LogP contribution in [0.15, 0.2) is 24.0 Å². The number of carboxylic acids is 1. The zero-order valence-electron chi connectivity index (χ0n) is 6.78. The standard InChI is InChI=1S/C7H6F2N2O3/c8-7(9)1-2-11(6(10)14)3-4(7)5(12)13/h1-3H,(H2,10,14)(H,12,13). The minimum atomic E-state index is -3.59. The van der Waals surface area contributed by atoms with Crippen molar-refractivity contribution < 1.29 is 23.5 Å². The Hall–Kier alpha value is -1.92. The summed E-state index contributed by atoms with van der Waals surface area (Å²) in [5.74, 6) is -5.39. The zero-order valence-corrected chi connectivity index (χ0v) is 6.78. The summed E-state index contributed by atoms with van der Waals surface area (Å²) in [5, 5.41) is 8.41. The second-order valence-corrected chi connectivity index (χ2v) is 2.53. The Morgan fingerprint density at radius 1 is 1.50 bits per heavy atom. The van der Waals surface area contributed by atoms with Crippen molar-refractivity contribution in [1.29, 1.82) is 0 Å². The lowest BCUT2D eigenvalue weighted by molar-refractivity contribution is -0.135. The van der Waals surface area contributed by atoms with E-state index >= 15 is 0 Å². The summed E-state index contributed by atoms with van der Waals surface area (Å²) in [6.07, 6.45) is 1.50. The van der Waals surface area contributed by atoms with Crippen LogP contribution < -0.4 is 5.73 Å². The number of hydrogen-bond acceptors (Lipinski definition) is 2. The third kappa shape index (κ3) is 1.70. The van der Waals surface area contributed by atoms with E-state index in [1.54, 1.807) is 0 Å². The highest BCUT2D eigenvalue weighted by atomic mass is 19.3. The Balaban J connectivity index is 3.08. The third-order valence-corrected chi connectivity index (χ3v) is 1.56. The van der Waals surface area contributed by atoms with Gasteiger partial charge in [-0.1, -0.05) is 0 Å². The van der Waals surface area contributed by atoms with E-state index < -0.39 is 23.5 Å². The maximum Gasteiger partial charge on any atom is 0.339 e. The highest BCUT2D eigenvalue weighted by Crippen LogP contribution is 2.29. The number of nitrogens with two attached hydrogens (primary N) is 1. The number of carbonyl (C=O) groups is 2. The molecule has 0 aromatic heterocycles. The number of allylic oxidation sites excluding steroid dienone is 1. The molecule has 0 saturated heterocycles. The van der Waals surface area contributed by atoms with Gasteiger partial charge in [-0.15, -0.1) is 0 Å². The fourth-order valence-corrected chi connectivity index (χ4v) is 0.867. The van der Waals surface area contributed by atoms with E-state index in [9.17, 15) is 18.4 Å². The summed E-state index contributed by atoms with van der Waals surface area (Å²) in [7, 11) is 0. The van der Waals surface area contributed by atoms with E-state index in [-0.39, 0.29) is 0 Å². The van der Waals surface area contributed by atoms with E-state index in [0.29, 0.717) is 17.2 Å². The Bertz CT molecular complexity index is 349. The molecule has 0 unspecified atom stereocenters. The first-order valence-electron chi connectivity index (χ1n) is 3.45. The van der Waals surface area contributed by atoms with Crippen LogP contribution >= 0.6 is 0 Å². The van der Waals surface area contributed by atoms with Gasteiger partial charge in [0, 0.05) is 18.5 Å². The van der Waals surface area contributed by atoms with Crippen LogP contribution in [0.3, 0.4) is 0 Å². The van der Waals surface area contributed by atoms with Crippen LogP contribution in [0.5, 0.6) is 0 Å². The maximum atomic E-state index is 12.8. The Kier molecular flexibility index (Phi) is 2.24. The molecule has 0 aromatic rings. The minimum absolute atomic E-state index is 0.293. The molecule has 5 nitrogen and oxygen atoms in total. The van der Waals surface area contributed by atoms with E-state index in [4.69, 9.17) is 10.8 Å². The first-order valence-corrected chi connectivity index (χ1v) is 3.45. The van der Waals surface area contributed by atoms with Crippen LogP contribution in [-0.4, -0.2) is 27.9 Å². The molecule has 2 amide bonds. The maximum absolute atomic E-state index is 12.8. The van der Waals surface area contributed by atoms with Gasteiger partial charge in [0.25, 0.3) is 0 Å². The number of hydrogen-bond donors (Lipinski definition) is 2. The number of halogens is 2. The van der Waals surface area contributed by atoms with Gasteiger partial charge in [-0.2, -0.15) is 8.78 Å². The number of nitrogens with zero attached hydrogens (tertiary/aromatic N) is 1. The van der Waals surface area contributed by atoms with Gasteiger partial charge in [0.15, 0.2) is 0 Å². The lowest BCUT2D eigenvalue weighted by Crippen LogP contribution is -2.35. The van der Waals surface area contributed by atoms with Crippen LogP contribution in [0, 0.1) is 0 Å². The van der Waals surface area contributed by atoms with Crippen molar-refractivity contribution >= 4 is 12.0 Å². The molecule has 0 spiro atoms. The molecule has 1 aliphatic rings. The zero-order chi connectivity index (χ0) is 10.9. The molecule has 14 heavy (non-hydrogen) atoms. The van der Waals surface area contributed by atoms with Crippen molar-refractivity contribution in [2.24, 2.45) is 5.73 Å². The number of urea groups is 1. The predicted octanol–water partition coefficient (Wildman–Crippen LogP) is 0.498. The van der Waals surface area contributed by atoms with E-state index in [2.05, 4.69) is 0 Å². The molecule has 76 valence electrons. The molecule has 1 heterocycles. The summed E-state index contributed by atoms with van der Waals surface area (Å²) >= 11 is 0. The molecule has 0 fully saturated rings. The fourth-order valence-electron chi connectivity index (χ4n) is 0.867. The normalized spacial score (nSPS) is 19.0. The molecule has 1 aliphatic heterocycles. The molecule has 0 atom stereocenters. The van der Waals surface area contributed by atoms with E-state index in [0.717, 1.165) is 6.20 Å². The average Bonchev–Trinajstić information content (AvgIpc) is 2.02. The highest BCUT2D eigenvalue weighted by molar-refractivity contribution is 5.90. The van der Waals surface area contributed by atoms with Gasteiger partial charge in [-0.05, 0) is 0 Å². The highest BCUT2D eigenvalue weighted by Gasteiger charge is 2.39. The molecule has 1 rings (SSSR count). The van der Waals surface area contributed by atoms with Gasteiger partial charge < -0.3 is 10.8 Å². The van der Waals surface area contributed by atoms with Crippen LogP contribution in [0.4, 0.5) is 13.6 Å². The lowest BCUT2D eigenvalue weighted by Gasteiger charge is -2.21. The quantitative estimate of drug-likeness (QED) is 0.652. The largest absolute Gasteiger partial charge is 0.478 e. The number of rotatable bonds is 1. The van der Waals surface area contributed by atoms with E-state index in [1.807, 2.05) is 0 Å². The average molecular weight is 204 g/mol. The molecule has 0 aromatic carbocycles. The number of carbonyl (C=O) groups excluding carboxylic acids is 1. The van der Waals surface area contributed by atoms with Crippen LogP contribution in [0.2, 0.25) is 0 Å². The summed E-state index contributed by atoms with van der Waals surface area (Å²) in [5.41, 5.74) is 3.58. The molecular formula is C7H6F2N2O3. The first-order chi connectivity index (χ1) is 6.34. The van der Waals surface area contributed by atoms with Gasteiger partial charge in [0.1, 0.15) is 5.57 Å². The minimum Gasteiger partial charge on any atom is -0.478 e. The Labute approximate surface area is 77.1 Å². The topological polar surface area (TPSA) is 83.6 Å². The second-order valence-electron chi connectivity index (χ2n) is 2.53. The van der Waals surface area contributed by atoms with Crippen LogP contribution in [-0.2, 0) is 4.79 Å². The smallest absolute Gasteiger partial charge is 0.339 e. The van der Waals surface area contributed by atoms with Crippen molar-refractivity contribution in [2.45, 2.75) is 5.92 Å². The van der Waals surface area contributed by atoms with Crippen molar-refractivity contribution in [1.82, 2.24) is 4.90 Å². The van der Waals surface area contributed by atoms with Crippen molar-refractivity contribution in [3.05, 3.63) is 24.0 Å². The molecule has 3 N–H and O–H groups in total. The van der Waals surface area contributed by atoms with Crippen molar-refractivity contribution in [3.8, 4) is 0 Å². The van der Waals surface area contributed by atoms with Gasteiger partial charge in [0.05, 0.1) is 0 Å². The second kappa shape index (κ2) is 3.09. The van der Waals surface area contributed by atoms with Gasteiger partial charge in [0.2, 0.25) is 0 Å². The summed E-state index contributed by atoms with van der Waals surface area (Å²) in [6, 6.07) is -1.03. The van der Waals surface area contributed by atoms with Crippen LogP contribution in [0.25, 0.3) is 0 Å². The Morgan fingerprint density at radius 2 is 2.07 bits per heavy atom. The van der Waals surface area contributed by atoms with Gasteiger partial charge in [-0.25, -0.2) is 9.59 Å². The predicted molar refractivity (Wildman–Crippen MR) is 41.2 cm³/mol. The molecule has 0 radical (unpaired) electrons. The number of aliphatic carboxylic acids is 1. The van der Waals surface area contributed by atoms with Crippen molar-refractivity contribution in [3.63, 3.8) is 0 Å². The first kappa shape index (κ1) is 10.2. The molecule has 0 bridgehead atoms. The van der Waals surface area contributed by atoms with Crippen molar-refractivity contribution in [2.75, 3.05) is 0 Å². The molecule has 0 aliphatic carbocycles. The fraction of sp³-hybridized carbons (Fsp3) is 0.143. The number of primary amides is 1. The number of carboxylic acid groups (broad SMARTS) is 1. The SMILES string of the molecule is NC(=O)N1C=CC(F)(F)C(C(=O)O)=C1. The van der Waals surface area contributed by atoms with Gasteiger partial charge in [-0.3, -0.25) is 4.90 Å².